The summed E-state index contributed by atoms with van der Waals surface area (Å²) in [5.74, 6) is 0. The smallest absolute Gasteiger partial charge is 0.0857 e. The standard InChI is InChI=1S/C40H40N8/c1-5-23-41-35(9-1)21-27-47(31-39-11-3-7-25-43-39)29-33-13-17-37(18-14-33)45-46-38-19-15-34(16-20-38)30-48(32-40-12-4-8-26-44-40)28-22-36-10-2-6-24-42-36/h1-20,23-26H,21-22,27-32H2. The number of aromatic nitrogens is 4. The molecule has 6 rings (SSSR count). The molecule has 0 fully saturated rings. The monoisotopic (exact) mass is 632 g/mol. The van der Waals surface area contributed by atoms with E-state index in [4.69, 9.17) is 0 Å². The van der Waals surface area contributed by atoms with Gasteiger partial charge in [0, 0.05) is 88.3 Å². The molecule has 0 bridgehead atoms. The Balaban J connectivity index is 1.05. The van der Waals surface area contributed by atoms with E-state index in [2.05, 4.69) is 88.5 Å². The summed E-state index contributed by atoms with van der Waals surface area (Å²) >= 11 is 0. The van der Waals surface area contributed by atoms with E-state index in [-0.39, 0.29) is 0 Å². The lowest BCUT2D eigenvalue weighted by Crippen LogP contribution is -2.26. The highest BCUT2D eigenvalue weighted by molar-refractivity contribution is 5.42. The van der Waals surface area contributed by atoms with Gasteiger partial charge in [0.15, 0.2) is 0 Å². The summed E-state index contributed by atoms with van der Waals surface area (Å²) in [5.41, 5.74) is 8.37. The number of pyridine rings is 4. The SMILES string of the molecule is c1ccc(CCN(Cc2ccc(N=Nc3ccc(CN(CCc4ccccn4)Cc4ccccn4)cc3)cc2)Cc2ccccn2)nc1. The molecule has 0 aliphatic carbocycles. The predicted molar refractivity (Wildman–Crippen MR) is 190 cm³/mol. The highest BCUT2D eigenvalue weighted by atomic mass is 15.1. The van der Waals surface area contributed by atoms with Crippen molar-refractivity contribution in [3.8, 4) is 0 Å². The first-order valence-electron chi connectivity index (χ1n) is 16.4. The molecule has 0 aliphatic heterocycles. The van der Waals surface area contributed by atoms with Crippen LogP contribution in [0.2, 0.25) is 0 Å². The number of azo groups is 1. The van der Waals surface area contributed by atoms with Crippen molar-refractivity contribution < 1.29 is 0 Å². The van der Waals surface area contributed by atoms with Gasteiger partial charge in [-0.1, -0.05) is 48.5 Å². The van der Waals surface area contributed by atoms with Crippen molar-refractivity contribution in [2.24, 2.45) is 10.2 Å². The Hall–Kier alpha value is -5.44. The van der Waals surface area contributed by atoms with Crippen molar-refractivity contribution in [1.29, 1.82) is 0 Å². The zero-order valence-corrected chi connectivity index (χ0v) is 27.1. The topological polar surface area (TPSA) is 82.8 Å². The summed E-state index contributed by atoms with van der Waals surface area (Å²) < 4.78 is 0. The first-order chi connectivity index (χ1) is 23.7. The normalized spacial score (nSPS) is 11.5. The molecule has 0 atom stereocenters. The number of benzene rings is 2. The molecule has 0 radical (unpaired) electrons. The molecule has 0 amide bonds. The maximum absolute atomic E-state index is 4.55. The Bertz CT molecular complexity index is 1660. The van der Waals surface area contributed by atoms with Gasteiger partial charge in [-0.05, 0) is 83.9 Å². The molecular weight excluding hydrogens is 592 g/mol. The van der Waals surface area contributed by atoms with Crippen LogP contribution in [0.4, 0.5) is 11.4 Å². The lowest BCUT2D eigenvalue weighted by molar-refractivity contribution is 0.256. The molecule has 8 nitrogen and oxygen atoms in total. The Morgan fingerprint density at radius 1 is 0.375 bits per heavy atom. The zero-order chi connectivity index (χ0) is 32.6. The molecule has 0 saturated heterocycles. The summed E-state index contributed by atoms with van der Waals surface area (Å²) in [4.78, 5) is 22.9. The molecule has 0 saturated carbocycles. The van der Waals surface area contributed by atoms with E-state index in [0.29, 0.717) is 0 Å². The molecule has 240 valence electrons. The van der Waals surface area contributed by atoms with Crippen LogP contribution in [0.1, 0.15) is 33.9 Å². The van der Waals surface area contributed by atoms with Crippen molar-refractivity contribution in [2.45, 2.75) is 39.0 Å². The van der Waals surface area contributed by atoms with Crippen LogP contribution in [0.25, 0.3) is 0 Å². The highest BCUT2D eigenvalue weighted by Gasteiger charge is 2.11. The minimum atomic E-state index is 0.774. The number of hydrogen-bond donors (Lipinski definition) is 0. The maximum atomic E-state index is 4.55. The van der Waals surface area contributed by atoms with Gasteiger partial charge in [0.05, 0.1) is 22.8 Å². The molecule has 48 heavy (non-hydrogen) atoms. The van der Waals surface area contributed by atoms with Gasteiger partial charge < -0.3 is 0 Å². The van der Waals surface area contributed by atoms with Crippen molar-refractivity contribution in [1.82, 2.24) is 29.7 Å². The minimum absolute atomic E-state index is 0.774. The molecule has 0 spiro atoms. The molecule has 6 aromatic rings. The average Bonchev–Trinajstić information content (AvgIpc) is 3.15. The fraction of sp³-hybridized carbons (Fsp3) is 0.200. The molecule has 0 unspecified atom stereocenters. The summed E-state index contributed by atoms with van der Waals surface area (Å²) in [6.45, 7) is 4.93. The molecule has 2 aromatic carbocycles. The highest BCUT2D eigenvalue weighted by Crippen LogP contribution is 2.21. The largest absolute Gasteiger partial charge is 0.293 e. The fourth-order valence-corrected chi connectivity index (χ4v) is 5.47. The Morgan fingerprint density at radius 3 is 1.06 bits per heavy atom. The van der Waals surface area contributed by atoms with E-state index < -0.39 is 0 Å². The predicted octanol–water partition coefficient (Wildman–Crippen LogP) is 8.17. The second-order valence-corrected chi connectivity index (χ2v) is 11.7. The molecule has 0 aliphatic rings. The Kier molecular flexibility index (Phi) is 11.8. The first kappa shape index (κ1) is 32.5. The van der Waals surface area contributed by atoms with E-state index in [1.165, 1.54) is 11.1 Å². The maximum Gasteiger partial charge on any atom is 0.0857 e. The van der Waals surface area contributed by atoms with Crippen molar-refractivity contribution in [3.05, 3.63) is 180 Å². The molecule has 4 heterocycles. The fourth-order valence-electron chi connectivity index (χ4n) is 5.47. The zero-order valence-electron chi connectivity index (χ0n) is 27.1. The minimum Gasteiger partial charge on any atom is -0.293 e. The summed E-state index contributed by atoms with van der Waals surface area (Å²) in [7, 11) is 0. The molecule has 0 N–H and O–H groups in total. The number of hydrogen-bond acceptors (Lipinski definition) is 8. The second-order valence-electron chi connectivity index (χ2n) is 11.7. The number of rotatable bonds is 16. The van der Waals surface area contributed by atoms with E-state index in [1.54, 1.807) is 0 Å². The van der Waals surface area contributed by atoms with Gasteiger partial charge in [0.1, 0.15) is 0 Å². The van der Waals surface area contributed by atoms with Crippen LogP contribution < -0.4 is 0 Å². The molecule has 8 heteroatoms. The third-order valence-electron chi connectivity index (χ3n) is 8.01. The molecule has 4 aromatic heterocycles. The quantitative estimate of drug-likeness (QED) is 0.100. The van der Waals surface area contributed by atoms with Gasteiger partial charge in [0.2, 0.25) is 0 Å². The lowest BCUT2D eigenvalue weighted by Gasteiger charge is -2.22. The second kappa shape index (κ2) is 17.5. The summed E-state index contributed by atoms with van der Waals surface area (Å²) in [6, 6.07) is 40.9. The Labute approximate surface area is 282 Å². The molecular formula is C40H40N8. The van der Waals surface area contributed by atoms with E-state index in [9.17, 15) is 0 Å². The van der Waals surface area contributed by atoms with Crippen LogP contribution in [0.15, 0.2) is 156 Å². The van der Waals surface area contributed by atoms with Gasteiger partial charge >= 0.3 is 0 Å². The van der Waals surface area contributed by atoms with Crippen LogP contribution >= 0.6 is 0 Å². The average molecular weight is 633 g/mol. The summed E-state index contributed by atoms with van der Waals surface area (Å²) in [6.07, 6.45) is 9.17. The van der Waals surface area contributed by atoms with Crippen LogP contribution in [0, 0.1) is 0 Å². The van der Waals surface area contributed by atoms with Gasteiger partial charge in [-0.3, -0.25) is 29.7 Å². The summed E-state index contributed by atoms with van der Waals surface area (Å²) in [5, 5.41) is 9.03. The third-order valence-corrected chi connectivity index (χ3v) is 8.01. The van der Waals surface area contributed by atoms with Crippen LogP contribution in [-0.2, 0) is 39.0 Å². The van der Waals surface area contributed by atoms with Gasteiger partial charge in [0.25, 0.3) is 0 Å². The van der Waals surface area contributed by atoms with Crippen LogP contribution in [0.5, 0.6) is 0 Å². The first-order valence-corrected chi connectivity index (χ1v) is 16.4. The number of nitrogens with zero attached hydrogens (tertiary/aromatic N) is 8. The van der Waals surface area contributed by atoms with E-state index >= 15 is 0 Å². The van der Waals surface area contributed by atoms with Crippen LogP contribution in [0.3, 0.4) is 0 Å². The Morgan fingerprint density at radius 2 is 0.729 bits per heavy atom. The van der Waals surface area contributed by atoms with Crippen molar-refractivity contribution in [3.63, 3.8) is 0 Å². The van der Waals surface area contributed by atoms with E-state index in [1.807, 2.05) is 97.6 Å². The van der Waals surface area contributed by atoms with Crippen LogP contribution in [-0.4, -0.2) is 42.8 Å². The van der Waals surface area contributed by atoms with Gasteiger partial charge in [-0.2, -0.15) is 10.2 Å². The van der Waals surface area contributed by atoms with Crippen molar-refractivity contribution in [2.75, 3.05) is 13.1 Å². The third kappa shape index (κ3) is 10.6. The lowest BCUT2D eigenvalue weighted by atomic mass is 10.1. The van der Waals surface area contributed by atoms with Gasteiger partial charge in [-0.15, -0.1) is 0 Å². The van der Waals surface area contributed by atoms with Crippen molar-refractivity contribution >= 4 is 11.4 Å². The van der Waals surface area contributed by atoms with Gasteiger partial charge in [-0.25, -0.2) is 0 Å². The van der Waals surface area contributed by atoms with E-state index in [0.717, 1.165) is 86.3 Å².